The number of aromatic carboxylic acids is 1. The molecule has 0 spiro atoms. The molecule has 5 nitrogen and oxygen atoms in total. The van der Waals surface area contributed by atoms with Crippen LogP contribution in [0.4, 0.5) is 5.69 Å². The van der Waals surface area contributed by atoms with E-state index >= 15 is 0 Å². The van der Waals surface area contributed by atoms with Gasteiger partial charge in [0.25, 0.3) is 0 Å². The highest BCUT2D eigenvalue weighted by atomic mass is 16.4. The number of carbonyl (C=O) groups excluding carboxylic acids is 1. The molecule has 1 atom stereocenters. The van der Waals surface area contributed by atoms with Gasteiger partial charge in [-0.25, -0.2) is 4.79 Å². The van der Waals surface area contributed by atoms with Gasteiger partial charge in [-0.3, -0.25) is 4.79 Å². The second-order valence-electron chi connectivity index (χ2n) is 5.14. The second kappa shape index (κ2) is 5.44. The van der Waals surface area contributed by atoms with Crippen molar-refractivity contribution in [3.8, 4) is 0 Å². The van der Waals surface area contributed by atoms with Crippen molar-refractivity contribution in [1.29, 1.82) is 0 Å². The molecule has 1 aromatic heterocycles. The first-order valence-corrected chi connectivity index (χ1v) is 6.86. The number of carbonyl (C=O) groups is 2. The van der Waals surface area contributed by atoms with E-state index in [1.54, 1.807) is 18.2 Å². The largest absolute Gasteiger partial charge is 0.475 e. The van der Waals surface area contributed by atoms with E-state index in [4.69, 9.17) is 9.52 Å². The lowest BCUT2D eigenvalue weighted by atomic mass is 9.93. The van der Waals surface area contributed by atoms with Gasteiger partial charge in [-0.15, -0.1) is 0 Å². The number of benzene rings is 1. The number of fused-ring (bicyclic) bond motifs is 1. The topological polar surface area (TPSA) is 79.5 Å². The predicted octanol–water partition coefficient (Wildman–Crippen LogP) is 3.43. The quantitative estimate of drug-likeness (QED) is 0.847. The Bertz CT molecular complexity index is 729. The fourth-order valence-electron chi connectivity index (χ4n) is 2.50. The van der Waals surface area contributed by atoms with Crippen molar-refractivity contribution in [3.05, 3.63) is 42.2 Å². The van der Waals surface area contributed by atoms with Gasteiger partial charge >= 0.3 is 5.97 Å². The number of furan rings is 1. The molecule has 1 aliphatic carbocycles. The monoisotopic (exact) mass is 285 g/mol. The zero-order chi connectivity index (χ0) is 14.8. The molecule has 2 aromatic rings. The van der Waals surface area contributed by atoms with Crippen LogP contribution in [0.15, 0.2) is 40.8 Å². The third-order valence-electron chi connectivity index (χ3n) is 3.63. The number of anilines is 1. The number of carboxylic acids is 1. The van der Waals surface area contributed by atoms with Gasteiger partial charge in [-0.1, -0.05) is 12.2 Å². The van der Waals surface area contributed by atoms with Crippen LogP contribution in [0.1, 0.15) is 29.8 Å². The summed E-state index contributed by atoms with van der Waals surface area (Å²) in [7, 11) is 0. The van der Waals surface area contributed by atoms with Gasteiger partial charge in [-0.05, 0) is 43.5 Å². The third-order valence-corrected chi connectivity index (χ3v) is 3.63. The minimum Gasteiger partial charge on any atom is -0.475 e. The van der Waals surface area contributed by atoms with Gasteiger partial charge < -0.3 is 14.8 Å². The number of hydrogen-bond acceptors (Lipinski definition) is 3. The summed E-state index contributed by atoms with van der Waals surface area (Å²) in [6.07, 6.45) is 6.68. The summed E-state index contributed by atoms with van der Waals surface area (Å²) in [4.78, 5) is 23.0. The van der Waals surface area contributed by atoms with E-state index in [0.717, 1.165) is 19.3 Å². The Morgan fingerprint density at radius 3 is 2.81 bits per heavy atom. The Kier molecular flexibility index (Phi) is 3.48. The zero-order valence-corrected chi connectivity index (χ0v) is 11.3. The first-order valence-electron chi connectivity index (χ1n) is 6.86. The van der Waals surface area contributed by atoms with Crippen LogP contribution in [0, 0.1) is 5.92 Å². The highest BCUT2D eigenvalue weighted by molar-refractivity contribution is 5.96. The minimum atomic E-state index is -1.11. The SMILES string of the molecule is O=C(O)c1cc2cc(NC(=O)C3CC=CCC3)ccc2o1. The molecule has 0 radical (unpaired) electrons. The summed E-state index contributed by atoms with van der Waals surface area (Å²) in [5.41, 5.74) is 1.14. The van der Waals surface area contributed by atoms with Crippen molar-refractivity contribution < 1.29 is 19.1 Å². The third kappa shape index (κ3) is 2.81. The molecule has 0 aliphatic heterocycles. The molecule has 0 saturated carbocycles. The van der Waals surface area contributed by atoms with Crippen LogP contribution in [0.25, 0.3) is 11.0 Å². The molecular formula is C16H15NO4. The van der Waals surface area contributed by atoms with E-state index in [2.05, 4.69) is 11.4 Å². The number of rotatable bonds is 3. The van der Waals surface area contributed by atoms with E-state index in [1.165, 1.54) is 6.07 Å². The highest BCUT2D eigenvalue weighted by Gasteiger charge is 2.19. The lowest BCUT2D eigenvalue weighted by Crippen LogP contribution is -2.23. The molecule has 108 valence electrons. The van der Waals surface area contributed by atoms with Crippen LogP contribution in [0.5, 0.6) is 0 Å². The van der Waals surface area contributed by atoms with Crippen molar-refractivity contribution in [2.75, 3.05) is 5.32 Å². The molecule has 1 amide bonds. The Balaban J connectivity index is 1.79. The second-order valence-corrected chi connectivity index (χ2v) is 5.14. The van der Waals surface area contributed by atoms with Crippen LogP contribution in [0.3, 0.4) is 0 Å². The number of allylic oxidation sites excluding steroid dienone is 2. The van der Waals surface area contributed by atoms with Crippen LogP contribution in [-0.4, -0.2) is 17.0 Å². The first kappa shape index (κ1) is 13.4. The number of amides is 1. The van der Waals surface area contributed by atoms with Gasteiger partial charge in [0.1, 0.15) is 5.58 Å². The lowest BCUT2D eigenvalue weighted by molar-refractivity contribution is -0.120. The van der Waals surface area contributed by atoms with Crippen molar-refractivity contribution in [1.82, 2.24) is 0 Å². The Morgan fingerprint density at radius 2 is 2.10 bits per heavy atom. The molecule has 2 N–H and O–H groups in total. The Labute approximate surface area is 121 Å². The first-order chi connectivity index (χ1) is 10.1. The summed E-state index contributed by atoms with van der Waals surface area (Å²) < 4.78 is 5.18. The van der Waals surface area contributed by atoms with E-state index < -0.39 is 5.97 Å². The van der Waals surface area contributed by atoms with Gasteiger partial charge in [-0.2, -0.15) is 0 Å². The molecule has 3 rings (SSSR count). The number of nitrogens with one attached hydrogen (secondary N) is 1. The fourth-order valence-corrected chi connectivity index (χ4v) is 2.50. The van der Waals surface area contributed by atoms with Crippen molar-refractivity contribution >= 4 is 28.5 Å². The highest BCUT2D eigenvalue weighted by Crippen LogP contribution is 2.25. The summed E-state index contributed by atoms with van der Waals surface area (Å²) >= 11 is 0. The number of hydrogen-bond donors (Lipinski definition) is 2. The van der Waals surface area contributed by atoms with Crippen molar-refractivity contribution in [2.24, 2.45) is 5.92 Å². The summed E-state index contributed by atoms with van der Waals surface area (Å²) in [6.45, 7) is 0. The molecule has 0 fully saturated rings. The minimum absolute atomic E-state index is 0.000605. The predicted molar refractivity (Wildman–Crippen MR) is 78.3 cm³/mol. The van der Waals surface area contributed by atoms with Gasteiger partial charge in [0.15, 0.2) is 0 Å². The van der Waals surface area contributed by atoms with E-state index in [1.807, 2.05) is 6.08 Å². The van der Waals surface area contributed by atoms with E-state index in [-0.39, 0.29) is 17.6 Å². The molecule has 1 aliphatic rings. The normalized spacial score (nSPS) is 17.8. The maximum Gasteiger partial charge on any atom is 0.371 e. The van der Waals surface area contributed by atoms with E-state index in [9.17, 15) is 9.59 Å². The standard InChI is InChI=1S/C16H15NO4/c18-15(10-4-2-1-3-5-10)17-12-6-7-13-11(8-12)9-14(21-13)16(19)20/h1-2,6-10H,3-5H2,(H,17,18)(H,19,20). The van der Waals surface area contributed by atoms with Crippen LogP contribution in [0.2, 0.25) is 0 Å². The Morgan fingerprint density at radius 1 is 1.24 bits per heavy atom. The maximum absolute atomic E-state index is 12.2. The summed E-state index contributed by atoms with van der Waals surface area (Å²) in [5.74, 6) is -1.21. The summed E-state index contributed by atoms with van der Waals surface area (Å²) in [6, 6.07) is 6.56. The lowest BCUT2D eigenvalue weighted by Gasteiger charge is -2.17. The van der Waals surface area contributed by atoms with Gasteiger partial charge in [0, 0.05) is 17.0 Å². The molecule has 21 heavy (non-hydrogen) atoms. The molecule has 0 bridgehead atoms. The van der Waals surface area contributed by atoms with Crippen LogP contribution >= 0.6 is 0 Å². The summed E-state index contributed by atoms with van der Waals surface area (Å²) in [5, 5.41) is 12.4. The van der Waals surface area contributed by atoms with Crippen molar-refractivity contribution in [2.45, 2.75) is 19.3 Å². The molecule has 1 aromatic carbocycles. The molecule has 0 saturated heterocycles. The average molecular weight is 285 g/mol. The fraction of sp³-hybridized carbons (Fsp3) is 0.250. The smallest absolute Gasteiger partial charge is 0.371 e. The molecule has 5 heteroatoms. The Hall–Kier alpha value is -2.56. The van der Waals surface area contributed by atoms with Gasteiger partial charge in [0.2, 0.25) is 11.7 Å². The number of carboxylic acid groups (broad SMARTS) is 1. The van der Waals surface area contributed by atoms with Crippen LogP contribution in [-0.2, 0) is 4.79 Å². The molecular weight excluding hydrogens is 270 g/mol. The molecule has 1 unspecified atom stereocenters. The zero-order valence-electron chi connectivity index (χ0n) is 11.3. The van der Waals surface area contributed by atoms with E-state index in [0.29, 0.717) is 16.7 Å². The van der Waals surface area contributed by atoms with Crippen molar-refractivity contribution in [3.63, 3.8) is 0 Å². The van der Waals surface area contributed by atoms with Gasteiger partial charge in [0.05, 0.1) is 0 Å². The van der Waals surface area contributed by atoms with Crippen LogP contribution < -0.4 is 5.32 Å². The average Bonchev–Trinajstić information content (AvgIpc) is 2.91. The molecule has 1 heterocycles. The maximum atomic E-state index is 12.2.